The maximum absolute atomic E-state index is 12.7. The molecule has 1 amide bonds. The molecule has 2 aromatic rings. The van der Waals surface area contributed by atoms with E-state index in [1.54, 1.807) is 22.6 Å². The minimum atomic E-state index is -3.01. The fourth-order valence-electron chi connectivity index (χ4n) is 2.94. The lowest BCUT2D eigenvalue weighted by atomic mass is 10.2. The Balaban J connectivity index is 1.94. The summed E-state index contributed by atoms with van der Waals surface area (Å²) in [5.74, 6) is 0.0299. The Bertz CT molecular complexity index is 857. The lowest BCUT2D eigenvalue weighted by Gasteiger charge is -2.23. The molecule has 1 atom stereocenters. The lowest BCUT2D eigenvalue weighted by molar-refractivity contribution is 0.0738. The summed E-state index contributed by atoms with van der Waals surface area (Å²) in [7, 11) is 0.461. The number of fused-ring (bicyclic) bond motifs is 1. The number of aryl methyl sites for hydroxylation is 1. The minimum Gasteiger partial charge on any atom is -0.340 e. The first-order chi connectivity index (χ1) is 10.3. The smallest absolute Gasteiger partial charge is 0.270 e. The van der Waals surface area contributed by atoms with E-state index >= 15 is 0 Å². The van der Waals surface area contributed by atoms with Crippen LogP contribution in [0.5, 0.6) is 0 Å². The van der Waals surface area contributed by atoms with E-state index < -0.39 is 9.84 Å². The number of halogens is 1. The second-order valence-corrected chi connectivity index (χ2v) is 8.43. The molecule has 22 heavy (non-hydrogen) atoms. The molecular weight excluding hydrogens is 324 g/mol. The number of amides is 1. The predicted octanol–water partition coefficient (Wildman–Crippen LogP) is 2.09. The van der Waals surface area contributed by atoms with E-state index in [0.717, 1.165) is 10.9 Å². The molecule has 118 valence electrons. The molecule has 7 heteroatoms. The Hall–Kier alpha value is -1.53. The number of nitrogens with zero attached hydrogens (tertiary/aromatic N) is 2. The van der Waals surface area contributed by atoms with Crippen LogP contribution in [0.3, 0.4) is 0 Å². The average molecular weight is 341 g/mol. The molecular formula is C15H17ClN2O3S. The highest BCUT2D eigenvalue weighted by atomic mass is 35.5. The molecule has 1 saturated heterocycles. The van der Waals surface area contributed by atoms with Crippen LogP contribution in [0.4, 0.5) is 0 Å². The summed E-state index contributed by atoms with van der Waals surface area (Å²) in [6, 6.07) is 7.03. The zero-order chi connectivity index (χ0) is 16.1. The first kappa shape index (κ1) is 15.4. The zero-order valence-corrected chi connectivity index (χ0v) is 14.0. The van der Waals surface area contributed by atoms with E-state index in [4.69, 9.17) is 11.6 Å². The van der Waals surface area contributed by atoms with Crippen LogP contribution in [0.2, 0.25) is 5.02 Å². The molecule has 0 aliphatic carbocycles. The van der Waals surface area contributed by atoms with Crippen LogP contribution in [0.25, 0.3) is 10.9 Å². The highest BCUT2D eigenvalue weighted by molar-refractivity contribution is 7.91. The predicted molar refractivity (Wildman–Crippen MR) is 87.1 cm³/mol. The standard InChI is InChI=1S/C15H17ClN2O3S/c1-17(12-5-6-22(20,21)9-12)15(19)14-7-10-3-4-11(16)8-13(10)18(14)2/h3-4,7-8,12H,5-6,9H2,1-2H3. The van der Waals surface area contributed by atoms with Gasteiger partial charge in [0.2, 0.25) is 0 Å². The molecule has 0 bridgehead atoms. The number of sulfone groups is 1. The van der Waals surface area contributed by atoms with Crippen molar-refractivity contribution in [2.24, 2.45) is 7.05 Å². The van der Waals surface area contributed by atoms with Crippen LogP contribution in [0.15, 0.2) is 24.3 Å². The fourth-order valence-corrected chi connectivity index (χ4v) is 4.88. The van der Waals surface area contributed by atoms with E-state index in [0.29, 0.717) is 17.1 Å². The van der Waals surface area contributed by atoms with E-state index in [1.807, 2.05) is 25.2 Å². The van der Waals surface area contributed by atoms with Crippen molar-refractivity contribution in [2.45, 2.75) is 12.5 Å². The van der Waals surface area contributed by atoms with Crippen molar-refractivity contribution in [3.63, 3.8) is 0 Å². The minimum absolute atomic E-state index is 0.0466. The van der Waals surface area contributed by atoms with Crippen LogP contribution >= 0.6 is 11.6 Å². The zero-order valence-electron chi connectivity index (χ0n) is 12.4. The van der Waals surface area contributed by atoms with Crippen LogP contribution < -0.4 is 0 Å². The van der Waals surface area contributed by atoms with Gasteiger partial charge in [-0.1, -0.05) is 17.7 Å². The third kappa shape index (κ3) is 2.61. The van der Waals surface area contributed by atoms with E-state index in [2.05, 4.69) is 0 Å². The van der Waals surface area contributed by atoms with Gasteiger partial charge in [0.1, 0.15) is 5.69 Å². The van der Waals surface area contributed by atoms with Gasteiger partial charge in [-0.3, -0.25) is 4.79 Å². The Morgan fingerprint density at radius 3 is 2.73 bits per heavy atom. The van der Waals surface area contributed by atoms with Gasteiger partial charge in [-0.05, 0) is 24.6 Å². The number of rotatable bonds is 2. The Morgan fingerprint density at radius 2 is 2.09 bits per heavy atom. The lowest BCUT2D eigenvalue weighted by Crippen LogP contribution is -2.38. The van der Waals surface area contributed by atoms with Gasteiger partial charge in [0.25, 0.3) is 5.91 Å². The molecule has 0 spiro atoms. The van der Waals surface area contributed by atoms with Crippen molar-refractivity contribution in [1.82, 2.24) is 9.47 Å². The largest absolute Gasteiger partial charge is 0.340 e. The number of carbonyl (C=O) groups excluding carboxylic acids is 1. The first-order valence-corrected chi connectivity index (χ1v) is 9.21. The second kappa shape index (κ2) is 5.28. The van der Waals surface area contributed by atoms with Crippen LogP contribution in [0.1, 0.15) is 16.9 Å². The molecule has 0 radical (unpaired) electrons. The Labute approximate surface area is 134 Å². The van der Waals surface area contributed by atoms with Crippen LogP contribution in [0, 0.1) is 0 Å². The molecule has 5 nitrogen and oxygen atoms in total. The maximum Gasteiger partial charge on any atom is 0.270 e. The maximum atomic E-state index is 12.7. The molecule has 2 heterocycles. The third-order valence-electron chi connectivity index (χ3n) is 4.30. The van der Waals surface area contributed by atoms with Gasteiger partial charge >= 0.3 is 0 Å². The van der Waals surface area contributed by atoms with Crippen molar-refractivity contribution in [3.8, 4) is 0 Å². The monoisotopic (exact) mass is 340 g/mol. The first-order valence-electron chi connectivity index (χ1n) is 7.01. The summed E-state index contributed by atoms with van der Waals surface area (Å²) in [5, 5.41) is 1.55. The summed E-state index contributed by atoms with van der Waals surface area (Å²) in [6.07, 6.45) is 0.500. The molecule has 1 unspecified atom stereocenters. The van der Waals surface area contributed by atoms with Crippen molar-refractivity contribution in [3.05, 3.63) is 35.0 Å². The number of carbonyl (C=O) groups is 1. The van der Waals surface area contributed by atoms with Crippen molar-refractivity contribution in [2.75, 3.05) is 18.6 Å². The number of hydrogen-bond acceptors (Lipinski definition) is 3. The van der Waals surface area contributed by atoms with Gasteiger partial charge < -0.3 is 9.47 Å². The Kier molecular flexibility index (Phi) is 3.69. The number of aromatic nitrogens is 1. The van der Waals surface area contributed by atoms with Gasteiger partial charge in [0, 0.05) is 36.1 Å². The highest BCUT2D eigenvalue weighted by Gasteiger charge is 2.33. The second-order valence-electron chi connectivity index (χ2n) is 5.76. The normalized spacial score (nSPS) is 20.4. The van der Waals surface area contributed by atoms with Gasteiger partial charge in [-0.2, -0.15) is 0 Å². The van der Waals surface area contributed by atoms with Crippen LogP contribution in [-0.4, -0.2) is 48.4 Å². The SMILES string of the molecule is CN(C(=O)c1cc2ccc(Cl)cc2n1C)C1CCS(=O)(=O)C1. The fraction of sp³-hybridized carbons (Fsp3) is 0.400. The van der Waals surface area contributed by atoms with Crippen LogP contribution in [-0.2, 0) is 16.9 Å². The molecule has 0 saturated carbocycles. The summed E-state index contributed by atoms with van der Waals surface area (Å²) < 4.78 is 25.0. The highest BCUT2D eigenvalue weighted by Crippen LogP contribution is 2.25. The van der Waals surface area contributed by atoms with Crippen molar-refractivity contribution in [1.29, 1.82) is 0 Å². The molecule has 3 rings (SSSR count). The molecule has 1 aliphatic heterocycles. The summed E-state index contributed by atoms with van der Waals surface area (Å²) in [5.41, 5.74) is 1.41. The topological polar surface area (TPSA) is 59.4 Å². The quantitative estimate of drug-likeness (QED) is 0.841. The van der Waals surface area contributed by atoms with Crippen molar-refractivity contribution < 1.29 is 13.2 Å². The van der Waals surface area contributed by atoms with E-state index in [1.165, 1.54) is 0 Å². The molecule has 1 aromatic carbocycles. The summed E-state index contributed by atoms with van der Waals surface area (Å²) in [4.78, 5) is 14.2. The van der Waals surface area contributed by atoms with Crippen molar-refractivity contribution >= 4 is 38.2 Å². The third-order valence-corrected chi connectivity index (χ3v) is 6.29. The van der Waals surface area contributed by atoms with E-state index in [-0.39, 0.29) is 23.5 Å². The molecule has 1 aliphatic rings. The number of hydrogen-bond donors (Lipinski definition) is 0. The Morgan fingerprint density at radius 1 is 1.36 bits per heavy atom. The molecule has 1 aromatic heterocycles. The average Bonchev–Trinajstić information content (AvgIpc) is 2.98. The van der Waals surface area contributed by atoms with Gasteiger partial charge in [0.05, 0.1) is 11.5 Å². The summed E-state index contributed by atoms with van der Waals surface area (Å²) in [6.45, 7) is 0. The number of benzene rings is 1. The van der Waals surface area contributed by atoms with Gasteiger partial charge in [-0.25, -0.2) is 8.42 Å². The van der Waals surface area contributed by atoms with E-state index in [9.17, 15) is 13.2 Å². The van der Waals surface area contributed by atoms with Gasteiger partial charge in [0.15, 0.2) is 9.84 Å². The molecule has 0 N–H and O–H groups in total. The summed E-state index contributed by atoms with van der Waals surface area (Å²) >= 11 is 6.00. The van der Waals surface area contributed by atoms with Gasteiger partial charge in [-0.15, -0.1) is 0 Å². The molecule has 1 fully saturated rings.